The molecule has 0 radical (unpaired) electrons. The molecule has 2 rings (SSSR count). The summed E-state index contributed by atoms with van der Waals surface area (Å²) in [6.07, 6.45) is 0. The van der Waals surface area contributed by atoms with Gasteiger partial charge >= 0.3 is 0 Å². The number of rotatable bonds is 3. The maximum atomic E-state index is 13.5. The lowest BCUT2D eigenvalue weighted by Gasteiger charge is -2.13. The standard InChI is InChI=1S/C13H12FNO2S.ClH/c14-11-8-4-5-9-12(11)18(16,17)13(15)10-6-2-1-3-7-10;/h1-9,13H,15H2;1H. The molecular weight excluding hydrogens is 289 g/mol. The van der Waals surface area contributed by atoms with Crippen molar-refractivity contribution in [2.24, 2.45) is 5.73 Å². The summed E-state index contributed by atoms with van der Waals surface area (Å²) < 4.78 is 37.9. The zero-order valence-electron chi connectivity index (χ0n) is 9.86. The van der Waals surface area contributed by atoms with E-state index in [1.54, 1.807) is 30.3 Å². The van der Waals surface area contributed by atoms with Crippen molar-refractivity contribution in [2.45, 2.75) is 10.3 Å². The molecule has 2 aromatic rings. The van der Waals surface area contributed by atoms with Gasteiger partial charge in [0.05, 0.1) is 0 Å². The molecular formula is C13H13ClFNO2S. The van der Waals surface area contributed by atoms with Crippen molar-refractivity contribution in [2.75, 3.05) is 0 Å². The van der Waals surface area contributed by atoms with Gasteiger partial charge in [-0.2, -0.15) is 0 Å². The molecule has 3 nitrogen and oxygen atoms in total. The van der Waals surface area contributed by atoms with E-state index in [-0.39, 0.29) is 17.3 Å². The third kappa shape index (κ3) is 3.12. The summed E-state index contributed by atoms with van der Waals surface area (Å²) in [6.45, 7) is 0. The summed E-state index contributed by atoms with van der Waals surface area (Å²) in [6, 6.07) is 13.5. The van der Waals surface area contributed by atoms with Gasteiger partial charge in [-0.1, -0.05) is 42.5 Å². The first-order valence-corrected chi connectivity index (χ1v) is 6.87. The fourth-order valence-electron chi connectivity index (χ4n) is 1.63. The molecule has 0 aliphatic rings. The summed E-state index contributed by atoms with van der Waals surface area (Å²) in [5, 5.41) is -1.27. The molecule has 0 saturated carbocycles. The van der Waals surface area contributed by atoms with Crippen molar-refractivity contribution >= 4 is 22.2 Å². The molecule has 102 valence electrons. The van der Waals surface area contributed by atoms with Crippen molar-refractivity contribution in [3.63, 3.8) is 0 Å². The Balaban J connectivity index is 0.00000180. The molecule has 1 unspecified atom stereocenters. The Bertz CT molecular complexity index is 647. The van der Waals surface area contributed by atoms with Crippen LogP contribution in [-0.2, 0) is 9.84 Å². The van der Waals surface area contributed by atoms with Gasteiger partial charge < -0.3 is 5.73 Å². The molecule has 0 spiro atoms. The summed E-state index contributed by atoms with van der Waals surface area (Å²) in [5.41, 5.74) is 6.15. The Morgan fingerprint density at radius 2 is 1.47 bits per heavy atom. The highest BCUT2D eigenvalue weighted by molar-refractivity contribution is 7.91. The van der Waals surface area contributed by atoms with E-state index in [1.165, 1.54) is 18.2 Å². The lowest BCUT2D eigenvalue weighted by atomic mass is 10.2. The van der Waals surface area contributed by atoms with Crippen LogP contribution >= 0.6 is 12.4 Å². The first-order chi connectivity index (χ1) is 8.53. The maximum Gasteiger partial charge on any atom is 0.201 e. The van der Waals surface area contributed by atoms with Crippen LogP contribution in [-0.4, -0.2) is 8.42 Å². The van der Waals surface area contributed by atoms with Crippen LogP contribution in [0.5, 0.6) is 0 Å². The highest BCUT2D eigenvalue weighted by atomic mass is 35.5. The van der Waals surface area contributed by atoms with Gasteiger partial charge in [0, 0.05) is 0 Å². The van der Waals surface area contributed by atoms with E-state index < -0.39 is 21.0 Å². The van der Waals surface area contributed by atoms with Gasteiger partial charge in [-0.25, -0.2) is 12.8 Å². The fourth-order valence-corrected chi connectivity index (χ4v) is 3.03. The molecule has 2 N–H and O–H groups in total. The van der Waals surface area contributed by atoms with Gasteiger partial charge in [-0.3, -0.25) is 0 Å². The Labute approximate surface area is 117 Å². The van der Waals surface area contributed by atoms with Crippen LogP contribution < -0.4 is 5.73 Å². The Hall–Kier alpha value is -1.43. The van der Waals surface area contributed by atoms with Crippen LogP contribution in [0, 0.1) is 5.82 Å². The van der Waals surface area contributed by atoms with Crippen molar-refractivity contribution in [3.8, 4) is 0 Å². The zero-order chi connectivity index (χ0) is 13.2. The molecule has 0 aromatic heterocycles. The minimum atomic E-state index is -3.92. The summed E-state index contributed by atoms with van der Waals surface area (Å²) >= 11 is 0. The molecule has 0 heterocycles. The van der Waals surface area contributed by atoms with Gasteiger partial charge in [0.1, 0.15) is 16.1 Å². The molecule has 0 saturated heterocycles. The van der Waals surface area contributed by atoms with Crippen molar-refractivity contribution < 1.29 is 12.8 Å². The highest BCUT2D eigenvalue weighted by Crippen LogP contribution is 2.26. The third-order valence-electron chi connectivity index (χ3n) is 2.61. The third-order valence-corrected chi connectivity index (χ3v) is 4.49. The minimum absolute atomic E-state index is 0. The molecule has 19 heavy (non-hydrogen) atoms. The molecule has 0 amide bonds. The monoisotopic (exact) mass is 301 g/mol. The average Bonchev–Trinajstić information content (AvgIpc) is 2.39. The second kappa shape index (κ2) is 6.14. The van der Waals surface area contributed by atoms with Gasteiger partial charge in [-0.15, -0.1) is 12.4 Å². The first kappa shape index (κ1) is 15.6. The van der Waals surface area contributed by atoms with Gasteiger partial charge in [0.15, 0.2) is 0 Å². The van der Waals surface area contributed by atoms with Crippen LogP contribution in [0.3, 0.4) is 0 Å². The number of nitrogens with two attached hydrogens (primary N) is 1. The molecule has 0 fully saturated rings. The Morgan fingerprint density at radius 3 is 2.05 bits per heavy atom. The van der Waals surface area contributed by atoms with Crippen LogP contribution in [0.4, 0.5) is 4.39 Å². The number of hydrogen-bond donors (Lipinski definition) is 1. The number of hydrogen-bond acceptors (Lipinski definition) is 3. The molecule has 0 aliphatic heterocycles. The topological polar surface area (TPSA) is 60.2 Å². The van der Waals surface area contributed by atoms with E-state index >= 15 is 0 Å². The van der Waals surface area contributed by atoms with E-state index in [0.29, 0.717) is 5.56 Å². The summed E-state index contributed by atoms with van der Waals surface area (Å²) in [4.78, 5) is -0.374. The van der Waals surface area contributed by atoms with Gasteiger partial charge in [0.25, 0.3) is 0 Å². The lowest BCUT2D eigenvalue weighted by molar-refractivity contribution is 0.558. The number of benzene rings is 2. The van der Waals surface area contributed by atoms with Crippen LogP contribution in [0.15, 0.2) is 59.5 Å². The minimum Gasteiger partial charge on any atom is -0.311 e. The molecule has 1 atom stereocenters. The van der Waals surface area contributed by atoms with Crippen molar-refractivity contribution in [3.05, 3.63) is 66.0 Å². The van der Waals surface area contributed by atoms with Crippen molar-refractivity contribution in [1.29, 1.82) is 0 Å². The Morgan fingerprint density at radius 1 is 0.947 bits per heavy atom. The van der Waals surface area contributed by atoms with Crippen molar-refractivity contribution in [1.82, 2.24) is 0 Å². The zero-order valence-corrected chi connectivity index (χ0v) is 11.5. The predicted octanol–water partition coefficient (Wildman–Crippen LogP) is 2.68. The van der Waals surface area contributed by atoms with Gasteiger partial charge in [-0.05, 0) is 17.7 Å². The quantitative estimate of drug-likeness (QED) is 0.948. The summed E-state index contributed by atoms with van der Waals surface area (Å²) in [7, 11) is -3.92. The van der Waals surface area contributed by atoms with Crippen LogP contribution in [0.25, 0.3) is 0 Å². The van der Waals surface area contributed by atoms with E-state index in [4.69, 9.17) is 5.73 Å². The molecule has 0 aliphatic carbocycles. The number of halogens is 2. The molecule has 2 aromatic carbocycles. The molecule has 6 heteroatoms. The smallest absolute Gasteiger partial charge is 0.201 e. The van der Waals surface area contributed by atoms with E-state index in [1.807, 2.05) is 0 Å². The highest BCUT2D eigenvalue weighted by Gasteiger charge is 2.27. The molecule has 0 bridgehead atoms. The van der Waals surface area contributed by atoms with Gasteiger partial charge in [0.2, 0.25) is 9.84 Å². The largest absolute Gasteiger partial charge is 0.311 e. The number of sulfone groups is 1. The second-order valence-corrected chi connectivity index (χ2v) is 5.84. The van der Waals surface area contributed by atoms with E-state index in [0.717, 1.165) is 6.07 Å². The lowest BCUT2D eigenvalue weighted by Crippen LogP contribution is -2.22. The fraction of sp³-hybridized carbons (Fsp3) is 0.0769. The van der Waals surface area contributed by atoms with Crippen LogP contribution in [0.1, 0.15) is 10.9 Å². The first-order valence-electron chi connectivity index (χ1n) is 5.32. The Kier molecular flexibility index (Phi) is 5.05. The normalized spacial score (nSPS) is 12.5. The maximum absolute atomic E-state index is 13.5. The van der Waals surface area contributed by atoms with Crippen LogP contribution in [0.2, 0.25) is 0 Å². The van der Waals surface area contributed by atoms with E-state index in [9.17, 15) is 12.8 Å². The second-order valence-electron chi connectivity index (χ2n) is 3.81. The predicted molar refractivity (Wildman–Crippen MR) is 74.2 cm³/mol. The average molecular weight is 302 g/mol. The van der Waals surface area contributed by atoms with E-state index in [2.05, 4.69) is 0 Å². The SMILES string of the molecule is Cl.NC(c1ccccc1)S(=O)(=O)c1ccccc1F. The summed E-state index contributed by atoms with van der Waals surface area (Å²) in [5.74, 6) is -0.788.